The lowest BCUT2D eigenvalue weighted by molar-refractivity contribution is 1.25. The summed E-state index contributed by atoms with van der Waals surface area (Å²) in [6, 6.07) is 17.6. The number of aromatic nitrogens is 2. The number of aromatic amines is 2. The quantitative estimate of drug-likeness (QED) is 0.235. The number of halogens is 2. The summed E-state index contributed by atoms with van der Waals surface area (Å²) in [5.41, 5.74) is 5.04. The van der Waals surface area contributed by atoms with Gasteiger partial charge in [0.25, 0.3) is 0 Å². The molecule has 2 aromatic carbocycles. The number of H-pyrrole nitrogens is 2. The number of fused-ring (bicyclic) bond motifs is 6. The topological polar surface area (TPSA) is 31.6 Å². The SMILES string of the molecule is Brc1ccc2c3c[nH]cc(Sc4cc(Br)cc5cc6cc[nH]cc-6c45)c-3cc2c1. The minimum Gasteiger partial charge on any atom is -0.367 e. The van der Waals surface area contributed by atoms with E-state index in [1.54, 1.807) is 0 Å². The lowest BCUT2D eigenvalue weighted by Crippen LogP contribution is -1.85. The van der Waals surface area contributed by atoms with E-state index in [2.05, 4.69) is 109 Å². The van der Waals surface area contributed by atoms with Gasteiger partial charge in [0.2, 0.25) is 0 Å². The van der Waals surface area contributed by atoms with Gasteiger partial charge in [-0.2, -0.15) is 0 Å². The Labute approximate surface area is 188 Å². The Morgan fingerprint density at radius 3 is 2.45 bits per heavy atom. The summed E-state index contributed by atoms with van der Waals surface area (Å²) in [4.78, 5) is 9.07. The van der Waals surface area contributed by atoms with Crippen LogP contribution in [0.3, 0.4) is 0 Å². The Morgan fingerprint density at radius 2 is 1.52 bits per heavy atom. The molecule has 0 unspecified atom stereocenters. The van der Waals surface area contributed by atoms with Gasteiger partial charge in [0, 0.05) is 60.0 Å². The molecule has 2 aliphatic heterocycles. The second-order valence-corrected chi connectivity index (χ2v) is 10.1. The van der Waals surface area contributed by atoms with Crippen molar-refractivity contribution in [2.75, 3.05) is 0 Å². The third-order valence-corrected chi connectivity index (χ3v) is 7.45. The minimum atomic E-state index is 1.10. The summed E-state index contributed by atoms with van der Waals surface area (Å²) >= 11 is 9.11. The predicted octanol–water partition coefficient (Wildman–Crippen LogP) is 8.54. The molecule has 2 aliphatic carbocycles. The fourth-order valence-electron chi connectivity index (χ4n) is 4.15. The Morgan fingerprint density at radius 1 is 0.655 bits per heavy atom. The van der Waals surface area contributed by atoms with Gasteiger partial charge in [-0.15, -0.1) is 0 Å². The van der Waals surface area contributed by atoms with Gasteiger partial charge in [-0.05, 0) is 69.8 Å². The van der Waals surface area contributed by atoms with E-state index >= 15 is 0 Å². The van der Waals surface area contributed by atoms with Gasteiger partial charge < -0.3 is 9.97 Å². The van der Waals surface area contributed by atoms with Crippen LogP contribution in [0.2, 0.25) is 0 Å². The second kappa shape index (κ2) is 6.66. The van der Waals surface area contributed by atoms with E-state index < -0.39 is 0 Å². The summed E-state index contributed by atoms with van der Waals surface area (Å²) in [5, 5.41) is 5.07. The summed E-state index contributed by atoms with van der Waals surface area (Å²) < 4.78 is 2.20. The van der Waals surface area contributed by atoms with Gasteiger partial charge in [-0.25, -0.2) is 0 Å². The average molecular weight is 522 g/mol. The van der Waals surface area contributed by atoms with Crippen LogP contribution in [0.4, 0.5) is 0 Å². The zero-order valence-electron chi connectivity index (χ0n) is 15.1. The van der Waals surface area contributed by atoms with E-state index in [9.17, 15) is 0 Å². The molecule has 0 bridgehead atoms. The largest absolute Gasteiger partial charge is 0.367 e. The zero-order valence-corrected chi connectivity index (χ0v) is 19.1. The van der Waals surface area contributed by atoms with Gasteiger partial charge in [0.15, 0.2) is 0 Å². The zero-order chi connectivity index (χ0) is 19.5. The van der Waals surface area contributed by atoms with Crippen molar-refractivity contribution in [1.82, 2.24) is 9.97 Å². The van der Waals surface area contributed by atoms with Crippen LogP contribution in [-0.2, 0) is 0 Å². The van der Waals surface area contributed by atoms with Crippen LogP contribution in [-0.4, -0.2) is 9.97 Å². The molecule has 29 heavy (non-hydrogen) atoms. The Hall–Kier alpha value is -2.21. The molecule has 140 valence electrons. The first kappa shape index (κ1) is 17.6. The lowest BCUT2D eigenvalue weighted by Gasteiger charge is -2.11. The van der Waals surface area contributed by atoms with E-state index in [4.69, 9.17) is 0 Å². The molecule has 0 spiro atoms. The first-order valence-corrected chi connectivity index (χ1v) is 11.6. The maximum absolute atomic E-state index is 3.71. The Kier molecular flexibility index (Phi) is 4.05. The van der Waals surface area contributed by atoms with Crippen molar-refractivity contribution < 1.29 is 0 Å². The van der Waals surface area contributed by atoms with E-state index in [1.807, 2.05) is 18.0 Å². The maximum atomic E-state index is 3.71. The van der Waals surface area contributed by atoms with Crippen LogP contribution in [0.1, 0.15) is 0 Å². The number of nitrogens with one attached hydrogen (secondary N) is 2. The lowest BCUT2D eigenvalue weighted by atomic mass is 10.1. The van der Waals surface area contributed by atoms with E-state index in [-0.39, 0.29) is 0 Å². The smallest absolute Gasteiger partial charge is 0.0362 e. The standard InChI is InChI=1S/C24H14Br2N2S/c25-16-1-2-18-14(6-16)8-19-21(18)11-28-12-23(19)29-22-9-17(26)7-15-5-13-3-4-27-10-20(13)24(15)22/h1-12,27-28H. The second-order valence-electron chi connectivity index (χ2n) is 7.15. The number of hydrogen-bond acceptors (Lipinski definition) is 1. The number of rotatable bonds is 2. The minimum absolute atomic E-state index is 1.10. The summed E-state index contributed by atoms with van der Waals surface area (Å²) in [6.45, 7) is 0. The van der Waals surface area contributed by atoms with E-state index in [1.165, 1.54) is 53.6 Å². The third-order valence-electron chi connectivity index (χ3n) is 5.40. The molecule has 2 nitrogen and oxygen atoms in total. The highest BCUT2D eigenvalue weighted by Gasteiger charge is 2.19. The molecule has 0 atom stereocenters. The molecule has 4 aliphatic rings. The molecule has 0 saturated carbocycles. The highest BCUT2D eigenvalue weighted by atomic mass is 79.9. The first-order valence-electron chi connectivity index (χ1n) is 9.23. The molecule has 2 N–H and O–H groups in total. The fourth-order valence-corrected chi connectivity index (χ4v) is 6.32. The number of benzene rings is 2. The van der Waals surface area contributed by atoms with Crippen molar-refractivity contribution in [3.8, 4) is 22.3 Å². The Balaban J connectivity index is 1.56. The van der Waals surface area contributed by atoms with E-state index in [0.717, 1.165) is 8.95 Å². The molecule has 2 heterocycles. The molecule has 0 aromatic heterocycles. The highest BCUT2D eigenvalue weighted by Crippen LogP contribution is 2.47. The third kappa shape index (κ3) is 2.83. The maximum Gasteiger partial charge on any atom is 0.0362 e. The monoisotopic (exact) mass is 520 g/mol. The highest BCUT2D eigenvalue weighted by molar-refractivity contribution is 9.10. The van der Waals surface area contributed by atoms with Crippen molar-refractivity contribution in [1.29, 1.82) is 0 Å². The Bertz CT molecular complexity index is 1460. The molecule has 5 heteroatoms. The normalized spacial score (nSPS) is 11.9. The van der Waals surface area contributed by atoms with Gasteiger partial charge in [-0.3, -0.25) is 0 Å². The predicted molar refractivity (Wildman–Crippen MR) is 129 cm³/mol. The van der Waals surface area contributed by atoms with Gasteiger partial charge in [0.05, 0.1) is 0 Å². The van der Waals surface area contributed by atoms with Crippen LogP contribution < -0.4 is 0 Å². The first-order chi connectivity index (χ1) is 14.2. The van der Waals surface area contributed by atoms with Crippen molar-refractivity contribution in [3.05, 3.63) is 82.3 Å². The number of pyridine rings is 2. The molecular formula is C24H14Br2N2S. The van der Waals surface area contributed by atoms with Crippen molar-refractivity contribution in [3.63, 3.8) is 0 Å². The summed E-state index contributed by atoms with van der Waals surface area (Å²) in [5.74, 6) is 0. The van der Waals surface area contributed by atoms with Crippen LogP contribution in [0.25, 0.3) is 43.8 Å². The van der Waals surface area contributed by atoms with Gasteiger partial charge in [-0.1, -0.05) is 49.7 Å². The molecule has 0 fully saturated rings. The average Bonchev–Trinajstić information content (AvgIpc) is 3.25. The molecule has 2 aromatic rings. The number of hydrogen-bond donors (Lipinski definition) is 2. The molecule has 6 rings (SSSR count). The van der Waals surface area contributed by atoms with Crippen LogP contribution in [0.5, 0.6) is 0 Å². The van der Waals surface area contributed by atoms with Gasteiger partial charge >= 0.3 is 0 Å². The van der Waals surface area contributed by atoms with Crippen molar-refractivity contribution in [2.45, 2.75) is 9.79 Å². The van der Waals surface area contributed by atoms with Crippen LogP contribution >= 0.6 is 43.6 Å². The van der Waals surface area contributed by atoms with Crippen LogP contribution in [0.15, 0.2) is 92.1 Å². The molecule has 0 amide bonds. The van der Waals surface area contributed by atoms with Crippen LogP contribution in [0, 0.1) is 0 Å². The van der Waals surface area contributed by atoms with Crippen molar-refractivity contribution >= 4 is 65.2 Å². The van der Waals surface area contributed by atoms with E-state index in [0.29, 0.717) is 0 Å². The molecular weight excluding hydrogens is 508 g/mol. The summed E-state index contributed by atoms with van der Waals surface area (Å²) in [7, 11) is 0. The van der Waals surface area contributed by atoms with Crippen molar-refractivity contribution in [2.24, 2.45) is 0 Å². The fraction of sp³-hybridized carbons (Fsp3) is 0. The summed E-state index contributed by atoms with van der Waals surface area (Å²) in [6.07, 6.45) is 8.27. The molecule has 0 radical (unpaired) electrons. The van der Waals surface area contributed by atoms with Gasteiger partial charge in [0.1, 0.15) is 0 Å². The molecule has 0 saturated heterocycles.